The summed E-state index contributed by atoms with van der Waals surface area (Å²) in [5, 5.41) is 6.96. The molecular formula is C15H19N5O2S. The maximum Gasteiger partial charge on any atom is 0.246 e. The van der Waals surface area contributed by atoms with E-state index < -0.39 is 0 Å². The summed E-state index contributed by atoms with van der Waals surface area (Å²) in [7, 11) is 0. The number of hydrogen-bond donors (Lipinski definition) is 2. The van der Waals surface area contributed by atoms with Crippen LogP contribution in [0, 0.1) is 0 Å². The second-order valence-electron chi connectivity index (χ2n) is 5.21. The van der Waals surface area contributed by atoms with Gasteiger partial charge in [-0.3, -0.25) is 4.79 Å². The summed E-state index contributed by atoms with van der Waals surface area (Å²) in [5.74, 6) is -0.172. The van der Waals surface area contributed by atoms with Crippen molar-refractivity contribution in [2.45, 2.75) is 13.3 Å². The van der Waals surface area contributed by atoms with Crippen molar-refractivity contribution in [2.75, 3.05) is 31.2 Å². The highest BCUT2D eigenvalue weighted by Crippen LogP contribution is 2.21. The summed E-state index contributed by atoms with van der Waals surface area (Å²) in [6, 6.07) is 3.79. The van der Waals surface area contributed by atoms with Gasteiger partial charge in [-0.2, -0.15) is 5.10 Å². The molecule has 1 aliphatic rings. The van der Waals surface area contributed by atoms with Gasteiger partial charge in [0, 0.05) is 24.7 Å². The minimum absolute atomic E-state index is 0.172. The van der Waals surface area contributed by atoms with Crippen LogP contribution in [0.5, 0.6) is 0 Å². The van der Waals surface area contributed by atoms with Crippen molar-refractivity contribution in [3.05, 3.63) is 35.1 Å². The number of anilines is 1. The standard InChI is InChI=1S/C15H19N5O2S/c1-11(13-3-2-4-16-13)18-19-14(21)9-12-10-23-15(17-12)20-5-7-22-8-6-20/h2-4,10,16H,5-9H2,1H3,(H,19,21)/b18-11+. The molecule has 0 aliphatic carbocycles. The van der Waals surface area contributed by atoms with Crippen molar-refractivity contribution in [1.29, 1.82) is 0 Å². The molecule has 7 nitrogen and oxygen atoms in total. The normalized spacial score (nSPS) is 15.7. The molecule has 0 bridgehead atoms. The van der Waals surface area contributed by atoms with Crippen LogP contribution in [0.25, 0.3) is 0 Å². The van der Waals surface area contributed by atoms with Crippen LogP contribution in [-0.2, 0) is 16.0 Å². The van der Waals surface area contributed by atoms with Crippen LogP contribution in [0.3, 0.4) is 0 Å². The highest BCUT2D eigenvalue weighted by atomic mass is 32.1. The quantitative estimate of drug-likeness (QED) is 0.640. The first-order chi connectivity index (χ1) is 11.2. The number of amides is 1. The van der Waals surface area contributed by atoms with Gasteiger partial charge in [-0.05, 0) is 19.1 Å². The number of nitrogens with zero attached hydrogens (tertiary/aromatic N) is 3. The van der Waals surface area contributed by atoms with Gasteiger partial charge in [0.25, 0.3) is 0 Å². The largest absolute Gasteiger partial charge is 0.378 e. The number of carbonyl (C=O) groups excluding carboxylic acids is 1. The van der Waals surface area contributed by atoms with E-state index in [1.54, 1.807) is 11.3 Å². The van der Waals surface area contributed by atoms with Crippen LogP contribution in [0.1, 0.15) is 18.3 Å². The first-order valence-electron chi connectivity index (χ1n) is 7.46. The van der Waals surface area contributed by atoms with Crippen molar-refractivity contribution in [3.63, 3.8) is 0 Å². The molecule has 8 heteroatoms. The molecule has 1 amide bonds. The van der Waals surface area contributed by atoms with Crippen molar-refractivity contribution >= 4 is 28.1 Å². The number of H-pyrrole nitrogens is 1. The van der Waals surface area contributed by atoms with Gasteiger partial charge in [0.15, 0.2) is 5.13 Å². The van der Waals surface area contributed by atoms with Gasteiger partial charge in [0.1, 0.15) is 0 Å². The molecule has 2 aromatic heterocycles. The number of rotatable bonds is 5. The van der Waals surface area contributed by atoms with Gasteiger partial charge in [0.2, 0.25) is 5.91 Å². The fraction of sp³-hybridized carbons (Fsp3) is 0.400. The third kappa shape index (κ3) is 4.17. The van der Waals surface area contributed by atoms with Crippen LogP contribution in [0.2, 0.25) is 0 Å². The predicted octanol–water partition coefficient (Wildman–Crippen LogP) is 1.39. The lowest BCUT2D eigenvalue weighted by Crippen LogP contribution is -2.36. The third-order valence-electron chi connectivity index (χ3n) is 3.50. The maximum absolute atomic E-state index is 12.0. The first kappa shape index (κ1) is 15.7. The van der Waals surface area contributed by atoms with Gasteiger partial charge in [-0.25, -0.2) is 10.4 Å². The minimum Gasteiger partial charge on any atom is -0.378 e. The number of morpholine rings is 1. The van der Waals surface area contributed by atoms with Crippen LogP contribution >= 0.6 is 11.3 Å². The Balaban J connectivity index is 1.54. The Morgan fingerprint density at radius 2 is 2.35 bits per heavy atom. The lowest BCUT2D eigenvalue weighted by atomic mass is 10.3. The summed E-state index contributed by atoms with van der Waals surface area (Å²) >= 11 is 1.56. The number of aromatic nitrogens is 2. The first-order valence-corrected chi connectivity index (χ1v) is 8.34. The molecule has 122 valence electrons. The topological polar surface area (TPSA) is 82.6 Å². The molecule has 0 aromatic carbocycles. The number of thiazole rings is 1. The van der Waals surface area contributed by atoms with E-state index >= 15 is 0 Å². The Hall–Kier alpha value is -2.19. The summed E-state index contributed by atoms with van der Waals surface area (Å²) in [6.07, 6.45) is 2.04. The molecule has 23 heavy (non-hydrogen) atoms. The summed E-state index contributed by atoms with van der Waals surface area (Å²) in [4.78, 5) is 21.7. The fourth-order valence-corrected chi connectivity index (χ4v) is 3.12. The van der Waals surface area contributed by atoms with Crippen LogP contribution in [0.15, 0.2) is 28.8 Å². The molecule has 0 saturated carbocycles. The second-order valence-corrected chi connectivity index (χ2v) is 6.05. The van der Waals surface area contributed by atoms with Crippen molar-refractivity contribution in [1.82, 2.24) is 15.4 Å². The van der Waals surface area contributed by atoms with E-state index in [0.717, 1.165) is 48.5 Å². The zero-order chi connectivity index (χ0) is 16.1. The molecular weight excluding hydrogens is 314 g/mol. The zero-order valence-corrected chi connectivity index (χ0v) is 13.7. The Morgan fingerprint density at radius 1 is 1.52 bits per heavy atom. The molecule has 0 radical (unpaired) electrons. The van der Waals surface area contributed by atoms with Gasteiger partial charge >= 0.3 is 0 Å². The fourth-order valence-electron chi connectivity index (χ4n) is 2.24. The van der Waals surface area contributed by atoms with Crippen LogP contribution in [-0.4, -0.2) is 47.9 Å². The number of ether oxygens (including phenoxy) is 1. The minimum atomic E-state index is -0.172. The smallest absolute Gasteiger partial charge is 0.246 e. The molecule has 1 saturated heterocycles. The van der Waals surface area contributed by atoms with E-state index in [2.05, 4.69) is 25.4 Å². The zero-order valence-electron chi connectivity index (χ0n) is 12.9. The van der Waals surface area contributed by atoms with Crippen molar-refractivity contribution in [2.24, 2.45) is 5.10 Å². The lowest BCUT2D eigenvalue weighted by Gasteiger charge is -2.26. The molecule has 0 atom stereocenters. The summed E-state index contributed by atoms with van der Waals surface area (Å²) in [6.45, 7) is 4.98. The molecule has 0 spiro atoms. The molecule has 1 fully saturated rings. The van der Waals surface area contributed by atoms with Crippen LogP contribution in [0.4, 0.5) is 5.13 Å². The van der Waals surface area contributed by atoms with E-state index in [9.17, 15) is 4.79 Å². The average Bonchev–Trinajstić information content (AvgIpc) is 3.25. The highest BCUT2D eigenvalue weighted by Gasteiger charge is 2.15. The van der Waals surface area contributed by atoms with E-state index in [1.165, 1.54) is 0 Å². The molecule has 3 rings (SSSR count). The van der Waals surface area contributed by atoms with E-state index in [4.69, 9.17) is 4.74 Å². The monoisotopic (exact) mass is 333 g/mol. The Kier molecular flexibility index (Phi) is 5.04. The number of nitrogens with one attached hydrogen (secondary N) is 2. The van der Waals surface area contributed by atoms with E-state index in [0.29, 0.717) is 0 Å². The summed E-state index contributed by atoms with van der Waals surface area (Å²) < 4.78 is 5.33. The number of carbonyl (C=O) groups is 1. The Morgan fingerprint density at radius 3 is 3.09 bits per heavy atom. The van der Waals surface area contributed by atoms with E-state index in [-0.39, 0.29) is 12.3 Å². The number of hydrazone groups is 1. The Bertz CT molecular complexity index is 674. The molecule has 2 aromatic rings. The molecule has 2 N–H and O–H groups in total. The molecule has 0 unspecified atom stereocenters. The SMILES string of the molecule is C/C(=N\NC(=O)Cc1csc(N2CCOCC2)n1)c1ccc[nH]1. The highest BCUT2D eigenvalue weighted by molar-refractivity contribution is 7.13. The van der Waals surface area contributed by atoms with Crippen molar-refractivity contribution in [3.8, 4) is 0 Å². The Labute approximate surface area is 138 Å². The number of aromatic amines is 1. The van der Waals surface area contributed by atoms with Gasteiger partial charge < -0.3 is 14.6 Å². The average molecular weight is 333 g/mol. The van der Waals surface area contributed by atoms with Crippen molar-refractivity contribution < 1.29 is 9.53 Å². The second kappa shape index (κ2) is 7.38. The maximum atomic E-state index is 12.0. The van der Waals surface area contributed by atoms with Crippen LogP contribution < -0.4 is 10.3 Å². The summed E-state index contributed by atoms with van der Waals surface area (Å²) in [5.41, 5.74) is 4.95. The molecule has 1 aliphatic heterocycles. The van der Waals surface area contributed by atoms with Gasteiger partial charge in [-0.15, -0.1) is 11.3 Å². The predicted molar refractivity (Wildman–Crippen MR) is 90.0 cm³/mol. The molecule has 3 heterocycles. The third-order valence-corrected chi connectivity index (χ3v) is 4.45. The van der Waals surface area contributed by atoms with E-state index in [1.807, 2.05) is 30.6 Å². The van der Waals surface area contributed by atoms with Gasteiger partial charge in [0.05, 0.1) is 36.7 Å². The lowest BCUT2D eigenvalue weighted by molar-refractivity contribution is -0.120. The number of hydrogen-bond acceptors (Lipinski definition) is 6. The van der Waals surface area contributed by atoms with Gasteiger partial charge in [-0.1, -0.05) is 0 Å².